The summed E-state index contributed by atoms with van der Waals surface area (Å²) in [5, 5.41) is 4.14. The predicted octanol–water partition coefficient (Wildman–Crippen LogP) is 4.03. The fourth-order valence-electron chi connectivity index (χ4n) is 1.79. The zero-order chi connectivity index (χ0) is 14.2. The standard InChI is InChI=1S/C17H19NO2/c1-3-19-17-11-9-16(10-12-17)14(2)18-20-13-15-7-5-4-6-8-15/h4-12H,3,13H2,1-2H3/b18-14+. The van der Waals surface area contributed by atoms with Gasteiger partial charge in [-0.25, -0.2) is 0 Å². The van der Waals surface area contributed by atoms with Gasteiger partial charge in [0, 0.05) is 0 Å². The minimum atomic E-state index is 0.481. The molecule has 2 rings (SSSR count). The minimum absolute atomic E-state index is 0.481. The Bertz CT molecular complexity index is 547. The van der Waals surface area contributed by atoms with Crippen LogP contribution in [0.3, 0.4) is 0 Å². The molecule has 0 aromatic heterocycles. The molecule has 0 saturated carbocycles. The molecule has 2 aromatic rings. The van der Waals surface area contributed by atoms with Gasteiger partial charge >= 0.3 is 0 Å². The van der Waals surface area contributed by atoms with E-state index in [-0.39, 0.29) is 0 Å². The van der Waals surface area contributed by atoms with Crippen molar-refractivity contribution in [2.75, 3.05) is 6.61 Å². The highest BCUT2D eigenvalue weighted by Gasteiger charge is 1.99. The van der Waals surface area contributed by atoms with Crippen LogP contribution in [0.4, 0.5) is 0 Å². The number of oxime groups is 1. The maximum Gasteiger partial charge on any atom is 0.142 e. The average Bonchev–Trinajstić information content (AvgIpc) is 2.49. The Labute approximate surface area is 119 Å². The van der Waals surface area contributed by atoms with Crippen molar-refractivity contribution in [3.63, 3.8) is 0 Å². The third-order valence-corrected chi connectivity index (χ3v) is 2.86. The van der Waals surface area contributed by atoms with Crippen molar-refractivity contribution >= 4 is 5.71 Å². The van der Waals surface area contributed by atoms with E-state index >= 15 is 0 Å². The Balaban J connectivity index is 1.92. The number of hydrogen-bond acceptors (Lipinski definition) is 3. The zero-order valence-electron chi connectivity index (χ0n) is 11.9. The fraction of sp³-hybridized carbons (Fsp3) is 0.235. The van der Waals surface area contributed by atoms with Crippen molar-refractivity contribution in [1.29, 1.82) is 0 Å². The quantitative estimate of drug-likeness (QED) is 0.585. The molecule has 0 aliphatic rings. The van der Waals surface area contributed by atoms with Gasteiger partial charge in [-0.05, 0) is 49.2 Å². The Morgan fingerprint density at radius 3 is 2.35 bits per heavy atom. The number of rotatable bonds is 6. The number of ether oxygens (including phenoxy) is 1. The topological polar surface area (TPSA) is 30.8 Å². The molecule has 3 nitrogen and oxygen atoms in total. The zero-order valence-corrected chi connectivity index (χ0v) is 11.9. The first-order valence-corrected chi connectivity index (χ1v) is 6.73. The molecule has 0 unspecified atom stereocenters. The normalized spacial score (nSPS) is 11.2. The van der Waals surface area contributed by atoms with Gasteiger partial charge in [-0.1, -0.05) is 35.5 Å². The van der Waals surface area contributed by atoms with Gasteiger partial charge in [-0.3, -0.25) is 0 Å². The molecule has 0 fully saturated rings. The van der Waals surface area contributed by atoms with E-state index < -0.39 is 0 Å². The Kier molecular flexibility index (Phi) is 5.18. The van der Waals surface area contributed by atoms with E-state index in [2.05, 4.69) is 5.16 Å². The average molecular weight is 269 g/mol. The summed E-state index contributed by atoms with van der Waals surface area (Å²) < 4.78 is 5.41. The first kappa shape index (κ1) is 14.1. The van der Waals surface area contributed by atoms with Gasteiger partial charge in [0.1, 0.15) is 12.4 Å². The summed E-state index contributed by atoms with van der Waals surface area (Å²) in [6.07, 6.45) is 0. The largest absolute Gasteiger partial charge is 0.494 e. The van der Waals surface area contributed by atoms with E-state index in [1.54, 1.807) is 0 Å². The van der Waals surface area contributed by atoms with E-state index in [4.69, 9.17) is 9.57 Å². The highest BCUT2D eigenvalue weighted by Crippen LogP contribution is 2.13. The van der Waals surface area contributed by atoms with E-state index in [1.165, 1.54) is 0 Å². The second-order valence-electron chi connectivity index (χ2n) is 4.39. The van der Waals surface area contributed by atoms with Crippen LogP contribution in [-0.4, -0.2) is 12.3 Å². The van der Waals surface area contributed by atoms with Gasteiger partial charge < -0.3 is 9.57 Å². The fourth-order valence-corrected chi connectivity index (χ4v) is 1.79. The highest BCUT2D eigenvalue weighted by atomic mass is 16.6. The maximum absolute atomic E-state index is 5.41. The molecular formula is C17H19NO2. The smallest absolute Gasteiger partial charge is 0.142 e. The Hall–Kier alpha value is -2.29. The summed E-state index contributed by atoms with van der Waals surface area (Å²) in [4.78, 5) is 5.37. The summed E-state index contributed by atoms with van der Waals surface area (Å²) in [5.74, 6) is 0.870. The third kappa shape index (κ3) is 4.12. The molecular weight excluding hydrogens is 250 g/mol. The minimum Gasteiger partial charge on any atom is -0.494 e. The first-order valence-electron chi connectivity index (χ1n) is 6.73. The molecule has 2 aromatic carbocycles. The molecule has 0 heterocycles. The van der Waals surface area contributed by atoms with Crippen LogP contribution in [0, 0.1) is 0 Å². The first-order chi connectivity index (χ1) is 9.79. The van der Waals surface area contributed by atoms with Crippen LogP contribution >= 0.6 is 0 Å². The van der Waals surface area contributed by atoms with E-state index in [9.17, 15) is 0 Å². The lowest BCUT2D eigenvalue weighted by atomic mass is 10.1. The summed E-state index contributed by atoms with van der Waals surface area (Å²) >= 11 is 0. The lowest BCUT2D eigenvalue weighted by molar-refractivity contribution is 0.130. The summed E-state index contributed by atoms with van der Waals surface area (Å²) in [5.41, 5.74) is 2.99. The van der Waals surface area contributed by atoms with Crippen molar-refractivity contribution in [2.24, 2.45) is 5.16 Å². The monoisotopic (exact) mass is 269 g/mol. The van der Waals surface area contributed by atoms with Crippen LogP contribution in [0.25, 0.3) is 0 Å². The SMILES string of the molecule is CCOc1ccc(/C(C)=N/OCc2ccccc2)cc1. The van der Waals surface area contributed by atoms with Crippen LogP contribution in [0.15, 0.2) is 59.8 Å². The second kappa shape index (κ2) is 7.34. The van der Waals surface area contributed by atoms with Crippen molar-refractivity contribution in [1.82, 2.24) is 0 Å². The molecule has 3 heteroatoms. The lowest BCUT2D eigenvalue weighted by Gasteiger charge is -2.05. The number of hydrogen-bond donors (Lipinski definition) is 0. The van der Waals surface area contributed by atoms with Gasteiger partial charge in [0.05, 0.1) is 12.3 Å². The van der Waals surface area contributed by atoms with Gasteiger partial charge in [-0.15, -0.1) is 0 Å². The summed E-state index contributed by atoms with van der Waals surface area (Å²) in [7, 11) is 0. The van der Waals surface area contributed by atoms with Crippen LogP contribution in [-0.2, 0) is 11.4 Å². The highest BCUT2D eigenvalue weighted by molar-refractivity contribution is 5.98. The molecule has 0 aliphatic carbocycles. The van der Waals surface area contributed by atoms with Crippen molar-refractivity contribution in [2.45, 2.75) is 20.5 Å². The Morgan fingerprint density at radius 2 is 1.70 bits per heavy atom. The van der Waals surface area contributed by atoms with Crippen molar-refractivity contribution in [3.8, 4) is 5.75 Å². The van der Waals surface area contributed by atoms with Crippen LogP contribution in [0.2, 0.25) is 0 Å². The number of nitrogens with zero attached hydrogens (tertiary/aromatic N) is 1. The van der Waals surface area contributed by atoms with Gasteiger partial charge in [0.25, 0.3) is 0 Å². The van der Waals surface area contributed by atoms with E-state index in [1.807, 2.05) is 68.4 Å². The molecule has 0 amide bonds. The van der Waals surface area contributed by atoms with Gasteiger partial charge in [0.2, 0.25) is 0 Å². The molecule has 0 aliphatic heterocycles. The van der Waals surface area contributed by atoms with Crippen molar-refractivity contribution < 1.29 is 9.57 Å². The van der Waals surface area contributed by atoms with Crippen LogP contribution in [0.1, 0.15) is 25.0 Å². The molecule has 0 atom stereocenters. The molecule has 0 N–H and O–H groups in total. The van der Waals surface area contributed by atoms with E-state index in [0.29, 0.717) is 13.2 Å². The predicted molar refractivity (Wildman–Crippen MR) is 81.1 cm³/mol. The van der Waals surface area contributed by atoms with Crippen LogP contribution < -0.4 is 4.74 Å². The van der Waals surface area contributed by atoms with E-state index in [0.717, 1.165) is 22.6 Å². The van der Waals surface area contributed by atoms with Gasteiger partial charge in [-0.2, -0.15) is 0 Å². The maximum atomic E-state index is 5.41. The third-order valence-electron chi connectivity index (χ3n) is 2.86. The van der Waals surface area contributed by atoms with Crippen LogP contribution in [0.5, 0.6) is 5.75 Å². The molecule has 0 radical (unpaired) electrons. The molecule has 0 saturated heterocycles. The molecule has 104 valence electrons. The second-order valence-corrected chi connectivity index (χ2v) is 4.39. The lowest BCUT2D eigenvalue weighted by Crippen LogP contribution is -1.98. The molecule has 0 bridgehead atoms. The Morgan fingerprint density at radius 1 is 1.00 bits per heavy atom. The molecule has 0 spiro atoms. The summed E-state index contributed by atoms with van der Waals surface area (Å²) in [6.45, 7) is 5.06. The van der Waals surface area contributed by atoms with Crippen molar-refractivity contribution in [3.05, 3.63) is 65.7 Å². The number of benzene rings is 2. The molecule has 20 heavy (non-hydrogen) atoms. The summed E-state index contributed by atoms with van der Waals surface area (Å²) in [6, 6.07) is 17.8. The van der Waals surface area contributed by atoms with Gasteiger partial charge in [0.15, 0.2) is 0 Å².